The summed E-state index contributed by atoms with van der Waals surface area (Å²) in [5.41, 5.74) is 0.756. The predicted octanol–water partition coefficient (Wildman–Crippen LogP) is 1.22. The fourth-order valence-corrected chi connectivity index (χ4v) is 1.27. The molecule has 1 atom stereocenters. The first kappa shape index (κ1) is 9.57. The molecule has 0 bridgehead atoms. The van der Waals surface area contributed by atoms with Crippen molar-refractivity contribution in [3.05, 3.63) is 24.3 Å². The Labute approximate surface area is 78.9 Å². The van der Waals surface area contributed by atoms with Crippen molar-refractivity contribution >= 4 is 29.4 Å². The topological polar surface area (TPSA) is 52.2 Å². The van der Waals surface area contributed by atoms with Crippen LogP contribution < -0.4 is 5.32 Å². The zero-order valence-electron chi connectivity index (χ0n) is 6.19. The molecule has 1 unspecified atom stereocenters. The first-order valence-corrected chi connectivity index (χ1v) is 4.96. The van der Waals surface area contributed by atoms with E-state index in [1.54, 1.807) is 18.2 Å². The SMILES string of the molecule is O=S([O-])CNc1cccc(S)c1. The fraction of sp³-hybridized carbons (Fsp3) is 0.143. The van der Waals surface area contributed by atoms with Crippen molar-refractivity contribution in [1.82, 2.24) is 0 Å². The second-order valence-corrected chi connectivity index (χ2v) is 3.59. The van der Waals surface area contributed by atoms with Crippen LogP contribution in [0.5, 0.6) is 0 Å². The molecule has 0 aliphatic heterocycles. The van der Waals surface area contributed by atoms with Gasteiger partial charge in [0, 0.05) is 10.6 Å². The summed E-state index contributed by atoms with van der Waals surface area (Å²) in [6, 6.07) is 7.17. The molecule has 0 saturated carbocycles. The largest absolute Gasteiger partial charge is 0.771 e. The molecule has 0 aliphatic carbocycles. The summed E-state index contributed by atoms with van der Waals surface area (Å²) in [7, 11) is 0. The van der Waals surface area contributed by atoms with Gasteiger partial charge in [0.2, 0.25) is 0 Å². The van der Waals surface area contributed by atoms with Crippen LogP contribution in [0.3, 0.4) is 0 Å². The lowest BCUT2D eigenvalue weighted by Gasteiger charge is -2.08. The second-order valence-electron chi connectivity index (χ2n) is 2.18. The van der Waals surface area contributed by atoms with E-state index in [-0.39, 0.29) is 5.88 Å². The van der Waals surface area contributed by atoms with Gasteiger partial charge in [-0.2, -0.15) is 0 Å². The Morgan fingerprint density at radius 2 is 2.33 bits per heavy atom. The van der Waals surface area contributed by atoms with Crippen molar-refractivity contribution in [2.75, 3.05) is 11.2 Å². The van der Waals surface area contributed by atoms with Crippen LogP contribution in [0, 0.1) is 0 Å². The van der Waals surface area contributed by atoms with Gasteiger partial charge in [-0.05, 0) is 29.3 Å². The molecule has 5 heteroatoms. The van der Waals surface area contributed by atoms with Gasteiger partial charge in [-0.3, -0.25) is 4.21 Å². The summed E-state index contributed by atoms with van der Waals surface area (Å²) in [5, 5.41) is 2.72. The summed E-state index contributed by atoms with van der Waals surface area (Å²) < 4.78 is 20.4. The Bertz CT molecular complexity index is 290. The second kappa shape index (κ2) is 4.49. The third kappa shape index (κ3) is 3.25. The molecule has 1 aromatic rings. The van der Waals surface area contributed by atoms with Crippen molar-refractivity contribution < 1.29 is 8.76 Å². The van der Waals surface area contributed by atoms with Crippen molar-refractivity contribution in [2.24, 2.45) is 0 Å². The minimum absolute atomic E-state index is 0.0722. The van der Waals surface area contributed by atoms with Crippen molar-refractivity contribution in [2.45, 2.75) is 4.90 Å². The van der Waals surface area contributed by atoms with E-state index >= 15 is 0 Å². The zero-order valence-corrected chi connectivity index (χ0v) is 7.90. The number of anilines is 1. The lowest BCUT2D eigenvalue weighted by atomic mass is 10.3. The number of hydrogen-bond donors (Lipinski definition) is 2. The fourth-order valence-electron chi connectivity index (χ4n) is 0.758. The third-order valence-corrected chi connectivity index (χ3v) is 1.90. The quantitative estimate of drug-likeness (QED) is 0.572. The molecule has 0 aliphatic rings. The Morgan fingerprint density at radius 1 is 1.58 bits per heavy atom. The lowest BCUT2D eigenvalue weighted by molar-refractivity contribution is 0.539. The maximum absolute atomic E-state index is 10.2. The van der Waals surface area contributed by atoms with Crippen molar-refractivity contribution in [3.8, 4) is 0 Å². The van der Waals surface area contributed by atoms with E-state index in [4.69, 9.17) is 0 Å². The minimum Gasteiger partial charge on any atom is -0.771 e. The predicted molar refractivity (Wildman–Crippen MR) is 51.1 cm³/mol. The van der Waals surface area contributed by atoms with Crippen molar-refractivity contribution in [1.29, 1.82) is 0 Å². The smallest absolute Gasteiger partial charge is 0.0777 e. The Kier molecular flexibility index (Phi) is 3.58. The van der Waals surface area contributed by atoms with Crippen LogP contribution in [-0.4, -0.2) is 14.6 Å². The van der Waals surface area contributed by atoms with Gasteiger partial charge < -0.3 is 9.87 Å². The molecular formula is C7H8NO2S2-. The molecule has 1 aromatic carbocycles. The van der Waals surface area contributed by atoms with E-state index in [9.17, 15) is 8.76 Å². The molecule has 0 saturated heterocycles. The van der Waals surface area contributed by atoms with Gasteiger partial charge in [-0.1, -0.05) is 6.07 Å². The van der Waals surface area contributed by atoms with Gasteiger partial charge in [0.25, 0.3) is 0 Å². The van der Waals surface area contributed by atoms with Crippen LogP contribution in [0.15, 0.2) is 29.2 Å². The van der Waals surface area contributed by atoms with Gasteiger partial charge in [0.1, 0.15) is 0 Å². The number of rotatable bonds is 3. The van der Waals surface area contributed by atoms with Gasteiger partial charge in [0.05, 0.1) is 5.88 Å². The van der Waals surface area contributed by atoms with Crippen LogP contribution in [0.2, 0.25) is 0 Å². The molecule has 1 rings (SSSR count). The Balaban J connectivity index is 2.57. The highest BCUT2D eigenvalue weighted by atomic mass is 32.2. The average molecular weight is 202 g/mol. The van der Waals surface area contributed by atoms with E-state index < -0.39 is 11.1 Å². The van der Waals surface area contributed by atoms with Gasteiger partial charge in [-0.25, -0.2) is 0 Å². The van der Waals surface area contributed by atoms with Gasteiger partial charge in [0.15, 0.2) is 0 Å². The number of thiol groups is 1. The summed E-state index contributed by atoms with van der Waals surface area (Å²) in [6.45, 7) is 0. The van der Waals surface area contributed by atoms with Crippen LogP contribution in [0.1, 0.15) is 0 Å². The molecule has 0 heterocycles. The first-order valence-electron chi connectivity index (χ1n) is 3.27. The van der Waals surface area contributed by atoms with Crippen LogP contribution >= 0.6 is 12.6 Å². The summed E-state index contributed by atoms with van der Waals surface area (Å²) in [5.74, 6) is -0.0722. The Morgan fingerprint density at radius 3 is 2.92 bits per heavy atom. The average Bonchev–Trinajstić information content (AvgIpc) is 2.01. The van der Waals surface area contributed by atoms with E-state index in [1.807, 2.05) is 6.07 Å². The van der Waals surface area contributed by atoms with Crippen molar-refractivity contribution in [3.63, 3.8) is 0 Å². The summed E-state index contributed by atoms with van der Waals surface area (Å²) in [6.07, 6.45) is 0. The normalized spacial score (nSPS) is 12.5. The van der Waals surface area contributed by atoms with E-state index in [1.165, 1.54) is 0 Å². The molecule has 0 fully saturated rings. The molecule has 0 aromatic heterocycles. The van der Waals surface area contributed by atoms with E-state index in [2.05, 4.69) is 17.9 Å². The molecule has 1 N–H and O–H groups in total. The van der Waals surface area contributed by atoms with Crippen LogP contribution in [0.25, 0.3) is 0 Å². The number of benzene rings is 1. The molecule has 0 amide bonds. The maximum atomic E-state index is 10.2. The number of hydrogen-bond acceptors (Lipinski definition) is 4. The molecule has 0 spiro atoms. The standard InChI is InChI=1S/C7H9NO2S2/c9-12(10)5-8-6-2-1-3-7(11)4-6/h1-4,8,11H,5H2,(H,9,10)/p-1. The number of nitrogens with one attached hydrogen (secondary N) is 1. The zero-order chi connectivity index (χ0) is 8.97. The minimum atomic E-state index is -2.06. The molecule has 0 radical (unpaired) electrons. The summed E-state index contributed by atoms with van der Waals surface area (Å²) in [4.78, 5) is 0.802. The van der Waals surface area contributed by atoms with Crippen LogP contribution in [-0.2, 0) is 11.1 Å². The van der Waals surface area contributed by atoms with Gasteiger partial charge in [-0.15, -0.1) is 12.6 Å². The molecule has 3 nitrogen and oxygen atoms in total. The Hall–Kier alpha value is -0.520. The monoisotopic (exact) mass is 202 g/mol. The molecule has 12 heavy (non-hydrogen) atoms. The van der Waals surface area contributed by atoms with E-state index in [0.717, 1.165) is 10.6 Å². The molecule has 66 valence electrons. The highest BCUT2D eigenvalue weighted by molar-refractivity contribution is 7.80. The maximum Gasteiger partial charge on any atom is 0.0777 e. The lowest BCUT2D eigenvalue weighted by Crippen LogP contribution is -2.06. The van der Waals surface area contributed by atoms with E-state index in [0.29, 0.717) is 0 Å². The molecular weight excluding hydrogens is 194 g/mol. The third-order valence-electron chi connectivity index (χ3n) is 1.24. The summed E-state index contributed by atoms with van der Waals surface area (Å²) >= 11 is 2.05. The van der Waals surface area contributed by atoms with Gasteiger partial charge >= 0.3 is 0 Å². The van der Waals surface area contributed by atoms with Crippen LogP contribution in [0.4, 0.5) is 5.69 Å². The highest BCUT2D eigenvalue weighted by Gasteiger charge is 1.90. The first-order chi connectivity index (χ1) is 5.68. The highest BCUT2D eigenvalue weighted by Crippen LogP contribution is 2.12.